The van der Waals surface area contributed by atoms with Gasteiger partial charge < -0.3 is 10.4 Å². The molecular formula is C14H11ClFNO2. The Hall–Kier alpha value is -2.07. The van der Waals surface area contributed by atoms with E-state index in [9.17, 15) is 14.3 Å². The van der Waals surface area contributed by atoms with Crippen molar-refractivity contribution in [3.05, 3.63) is 58.4 Å². The van der Waals surface area contributed by atoms with E-state index < -0.39 is 11.7 Å². The summed E-state index contributed by atoms with van der Waals surface area (Å²) < 4.78 is 13.3. The minimum absolute atomic E-state index is 0.0769. The van der Waals surface area contributed by atoms with Gasteiger partial charge in [0.2, 0.25) is 0 Å². The monoisotopic (exact) mass is 279 g/mol. The van der Waals surface area contributed by atoms with Crippen LogP contribution in [0.5, 0.6) is 5.75 Å². The van der Waals surface area contributed by atoms with Gasteiger partial charge in [0, 0.05) is 16.3 Å². The summed E-state index contributed by atoms with van der Waals surface area (Å²) in [6.07, 6.45) is 0. The predicted octanol–water partition coefficient (Wildman–Crippen LogP) is 3.75. The van der Waals surface area contributed by atoms with E-state index in [4.69, 9.17) is 11.6 Å². The lowest BCUT2D eigenvalue weighted by Gasteiger charge is -2.10. The molecule has 0 saturated heterocycles. The molecule has 19 heavy (non-hydrogen) atoms. The molecule has 0 heterocycles. The molecule has 0 radical (unpaired) electrons. The van der Waals surface area contributed by atoms with Gasteiger partial charge in [-0.2, -0.15) is 0 Å². The zero-order valence-corrected chi connectivity index (χ0v) is 10.8. The van der Waals surface area contributed by atoms with Crippen molar-refractivity contribution in [1.82, 2.24) is 0 Å². The van der Waals surface area contributed by atoms with Gasteiger partial charge in [-0.1, -0.05) is 17.7 Å². The third-order valence-electron chi connectivity index (χ3n) is 2.72. The molecule has 0 aliphatic rings. The van der Waals surface area contributed by atoms with Crippen molar-refractivity contribution in [3.8, 4) is 5.75 Å². The van der Waals surface area contributed by atoms with Gasteiger partial charge in [0.15, 0.2) is 0 Å². The highest BCUT2D eigenvalue weighted by Gasteiger charge is 2.13. The van der Waals surface area contributed by atoms with Crippen LogP contribution in [0.15, 0.2) is 36.4 Å². The van der Waals surface area contributed by atoms with E-state index in [1.54, 1.807) is 13.0 Å². The molecule has 0 unspecified atom stereocenters. The second kappa shape index (κ2) is 5.28. The third-order valence-corrected chi connectivity index (χ3v) is 2.96. The standard InChI is InChI=1S/C14H11ClFNO2/c1-8-11(16)3-2-4-12(8)17-14(19)10-6-5-9(15)7-13(10)18/h2-7,18H,1H3,(H,17,19). The normalized spacial score (nSPS) is 10.3. The van der Waals surface area contributed by atoms with Crippen LogP contribution in [-0.4, -0.2) is 11.0 Å². The van der Waals surface area contributed by atoms with Crippen LogP contribution in [0.1, 0.15) is 15.9 Å². The van der Waals surface area contributed by atoms with Crippen LogP contribution in [0, 0.1) is 12.7 Å². The molecule has 0 bridgehead atoms. The fraction of sp³-hybridized carbons (Fsp3) is 0.0714. The van der Waals surface area contributed by atoms with E-state index in [1.807, 2.05) is 0 Å². The number of hydrogen-bond acceptors (Lipinski definition) is 2. The summed E-state index contributed by atoms with van der Waals surface area (Å²) in [5.41, 5.74) is 0.775. The number of benzene rings is 2. The van der Waals surface area contributed by atoms with Gasteiger partial charge in [-0.15, -0.1) is 0 Å². The van der Waals surface area contributed by atoms with Gasteiger partial charge in [0.05, 0.1) is 5.56 Å². The first kappa shape index (κ1) is 13.4. The van der Waals surface area contributed by atoms with E-state index in [0.717, 1.165) is 0 Å². The quantitative estimate of drug-likeness (QED) is 0.880. The highest BCUT2D eigenvalue weighted by Crippen LogP contribution is 2.24. The van der Waals surface area contributed by atoms with Gasteiger partial charge in [0.25, 0.3) is 5.91 Å². The first-order valence-corrected chi connectivity index (χ1v) is 5.92. The number of anilines is 1. The molecule has 3 nitrogen and oxygen atoms in total. The van der Waals surface area contributed by atoms with E-state index in [1.165, 1.54) is 30.3 Å². The summed E-state index contributed by atoms with van der Waals surface area (Å²) in [6, 6.07) is 8.57. The molecule has 2 aromatic carbocycles. The van der Waals surface area contributed by atoms with Gasteiger partial charge >= 0.3 is 0 Å². The fourth-order valence-electron chi connectivity index (χ4n) is 1.63. The van der Waals surface area contributed by atoms with Crippen molar-refractivity contribution in [2.45, 2.75) is 6.92 Å². The second-order valence-corrected chi connectivity index (χ2v) is 4.46. The average Bonchev–Trinajstić information content (AvgIpc) is 2.34. The zero-order valence-electron chi connectivity index (χ0n) is 10.1. The van der Waals surface area contributed by atoms with E-state index in [2.05, 4.69) is 5.32 Å². The first-order valence-electron chi connectivity index (χ1n) is 5.54. The summed E-state index contributed by atoms with van der Waals surface area (Å²) in [4.78, 5) is 12.0. The molecule has 98 valence electrons. The molecule has 0 fully saturated rings. The molecule has 1 amide bonds. The Balaban J connectivity index is 2.28. The maximum Gasteiger partial charge on any atom is 0.259 e. The summed E-state index contributed by atoms with van der Waals surface area (Å²) in [5.74, 6) is -1.15. The second-order valence-electron chi connectivity index (χ2n) is 4.03. The predicted molar refractivity (Wildman–Crippen MR) is 72.2 cm³/mol. The van der Waals surface area contributed by atoms with Crippen molar-refractivity contribution >= 4 is 23.2 Å². The number of phenolic OH excluding ortho intramolecular Hbond substituents is 1. The molecule has 2 rings (SSSR count). The van der Waals surface area contributed by atoms with Crippen LogP contribution in [0.3, 0.4) is 0 Å². The average molecular weight is 280 g/mol. The van der Waals surface area contributed by atoms with Gasteiger partial charge in [-0.05, 0) is 37.3 Å². The lowest BCUT2D eigenvalue weighted by atomic mass is 10.1. The molecule has 0 spiro atoms. The number of halogens is 2. The number of nitrogens with one attached hydrogen (secondary N) is 1. The summed E-state index contributed by atoms with van der Waals surface area (Å²) in [5, 5.41) is 12.5. The number of amides is 1. The Labute approximate surface area is 114 Å². The van der Waals surface area contributed by atoms with Crippen molar-refractivity contribution in [2.24, 2.45) is 0 Å². The van der Waals surface area contributed by atoms with Crippen molar-refractivity contribution in [3.63, 3.8) is 0 Å². The SMILES string of the molecule is Cc1c(F)cccc1NC(=O)c1ccc(Cl)cc1O. The van der Waals surface area contributed by atoms with E-state index >= 15 is 0 Å². The molecule has 2 aromatic rings. The molecule has 0 aliphatic heterocycles. The van der Waals surface area contributed by atoms with Crippen LogP contribution in [0.25, 0.3) is 0 Å². The summed E-state index contributed by atoms with van der Waals surface area (Å²) in [7, 11) is 0. The molecule has 0 saturated carbocycles. The smallest absolute Gasteiger partial charge is 0.259 e. The van der Waals surface area contributed by atoms with Crippen LogP contribution in [-0.2, 0) is 0 Å². The topological polar surface area (TPSA) is 49.3 Å². The molecular weight excluding hydrogens is 269 g/mol. The summed E-state index contributed by atoms with van der Waals surface area (Å²) >= 11 is 5.69. The van der Waals surface area contributed by atoms with Crippen LogP contribution in [0.2, 0.25) is 5.02 Å². The fourth-order valence-corrected chi connectivity index (χ4v) is 1.80. The number of carbonyl (C=O) groups excluding carboxylic acids is 1. The molecule has 5 heteroatoms. The molecule has 0 atom stereocenters. The number of aromatic hydroxyl groups is 1. The Morgan fingerprint density at radius 2 is 2.05 bits per heavy atom. The molecule has 2 N–H and O–H groups in total. The highest BCUT2D eigenvalue weighted by molar-refractivity contribution is 6.31. The number of phenols is 1. The van der Waals surface area contributed by atoms with Crippen molar-refractivity contribution in [2.75, 3.05) is 5.32 Å². The number of carbonyl (C=O) groups is 1. The minimum Gasteiger partial charge on any atom is -0.507 e. The largest absolute Gasteiger partial charge is 0.507 e. The first-order chi connectivity index (χ1) is 8.99. The highest BCUT2D eigenvalue weighted by atomic mass is 35.5. The van der Waals surface area contributed by atoms with E-state index in [-0.39, 0.29) is 11.3 Å². The molecule has 0 aromatic heterocycles. The van der Waals surface area contributed by atoms with E-state index in [0.29, 0.717) is 16.3 Å². The zero-order chi connectivity index (χ0) is 14.0. The lowest BCUT2D eigenvalue weighted by molar-refractivity contribution is 0.102. The van der Waals surface area contributed by atoms with Gasteiger partial charge in [-0.3, -0.25) is 4.79 Å². The van der Waals surface area contributed by atoms with Gasteiger partial charge in [-0.25, -0.2) is 4.39 Å². The number of rotatable bonds is 2. The maximum absolute atomic E-state index is 13.3. The van der Waals surface area contributed by atoms with Crippen LogP contribution in [0.4, 0.5) is 10.1 Å². The summed E-state index contributed by atoms with van der Waals surface area (Å²) in [6.45, 7) is 1.56. The Kier molecular flexibility index (Phi) is 3.71. The minimum atomic E-state index is -0.525. The Bertz CT molecular complexity index is 643. The molecule has 0 aliphatic carbocycles. The third kappa shape index (κ3) is 2.85. The maximum atomic E-state index is 13.3. The Morgan fingerprint density at radius 1 is 1.32 bits per heavy atom. The van der Waals surface area contributed by atoms with Crippen molar-refractivity contribution < 1.29 is 14.3 Å². The Morgan fingerprint density at radius 3 is 2.74 bits per heavy atom. The van der Waals surface area contributed by atoms with Crippen LogP contribution < -0.4 is 5.32 Å². The van der Waals surface area contributed by atoms with Crippen LogP contribution >= 0.6 is 11.6 Å². The number of hydrogen-bond donors (Lipinski definition) is 2. The van der Waals surface area contributed by atoms with Crippen molar-refractivity contribution in [1.29, 1.82) is 0 Å². The lowest BCUT2D eigenvalue weighted by Crippen LogP contribution is -2.13. The van der Waals surface area contributed by atoms with Gasteiger partial charge in [0.1, 0.15) is 11.6 Å².